The highest BCUT2D eigenvalue weighted by molar-refractivity contribution is 14.1. The van der Waals surface area contributed by atoms with Gasteiger partial charge in [-0.1, -0.05) is 163 Å². The molecule has 8 heteroatoms. The third-order valence-corrected chi connectivity index (χ3v) is 11.7. The lowest BCUT2D eigenvalue weighted by atomic mass is 9.97. The van der Waals surface area contributed by atoms with Crippen LogP contribution in [0.4, 0.5) is 0 Å². The van der Waals surface area contributed by atoms with Crippen LogP contribution in [-0.4, -0.2) is 52.8 Å². The van der Waals surface area contributed by atoms with E-state index in [4.69, 9.17) is 28.4 Å². The van der Waals surface area contributed by atoms with Crippen LogP contribution in [0.5, 0.6) is 0 Å². The maximum absolute atomic E-state index is 7.20. The Labute approximate surface area is 315 Å². The van der Waals surface area contributed by atoms with E-state index in [0.29, 0.717) is 30.9 Å². The Kier molecular flexibility index (Phi) is 14.6. The highest BCUT2D eigenvalue weighted by Gasteiger charge is 2.51. The maximum atomic E-state index is 7.20. The van der Waals surface area contributed by atoms with Crippen molar-refractivity contribution in [2.24, 2.45) is 0 Å². The summed E-state index contributed by atoms with van der Waals surface area (Å²) in [6, 6.07) is 41.1. The van der Waals surface area contributed by atoms with E-state index in [1.807, 2.05) is 60.7 Å². The fraction of sp³-hybridized carbons (Fsp3) is 0.429. The first-order chi connectivity index (χ1) is 24.6. The topological polar surface area (TPSA) is 55.4 Å². The van der Waals surface area contributed by atoms with Gasteiger partial charge in [0.1, 0.15) is 29.9 Å². The Bertz CT molecular complexity index is 1510. The van der Waals surface area contributed by atoms with Gasteiger partial charge in [0.05, 0.1) is 37.0 Å². The Morgan fingerprint density at radius 3 is 1.72 bits per heavy atom. The van der Waals surface area contributed by atoms with Crippen LogP contribution < -0.4 is 0 Å². The highest BCUT2D eigenvalue weighted by atomic mass is 127. The van der Waals surface area contributed by atoms with Crippen LogP contribution in [0.15, 0.2) is 126 Å². The number of benzene rings is 4. The Hall–Kier alpha value is -2.28. The second kappa shape index (κ2) is 19.5. The largest absolute Gasteiger partial charge is 0.374 e. The molecular weight excluding hydrogens is 759 g/mol. The van der Waals surface area contributed by atoms with Gasteiger partial charge in [0, 0.05) is 4.90 Å². The van der Waals surface area contributed by atoms with E-state index < -0.39 is 35.6 Å². The number of ether oxygens (including phenoxy) is 6. The molecule has 4 aromatic rings. The molecule has 50 heavy (non-hydrogen) atoms. The molecule has 1 aliphatic carbocycles. The molecular formula is C42H49IO6S. The molecule has 1 heterocycles. The minimum absolute atomic E-state index is 0.168. The van der Waals surface area contributed by atoms with Gasteiger partial charge in [-0.2, -0.15) is 0 Å². The molecule has 0 N–H and O–H groups in total. The summed E-state index contributed by atoms with van der Waals surface area (Å²) in [5, 5.41) is 0. The van der Waals surface area contributed by atoms with Crippen molar-refractivity contribution in [2.75, 3.05) is 11.0 Å². The van der Waals surface area contributed by atoms with Crippen molar-refractivity contribution in [3.05, 3.63) is 138 Å². The van der Waals surface area contributed by atoms with Crippen LogP contribution in [0.1, 0.15) is 55.7 Å². The molecule has 6 nitrogen and oxygen atoms in total. The molecule has 1 unspecified atom stereocenters. The molecule has 1 saturated carbocycles. The van der Waals surface area contributed by atoms with E-state index in [1.54, 1.807) is 11.8 Å². The van der Waals surface area contributed by atoms with E-state index in [1.165, 1.54) is 19.3 Å². The van der Waals surface area contributed by atoms with Gasteiger partial charge in [0.25, 0.3) is 0 Å². The minimum Gasteiger partial charge on any atom is -0.374 e. The van der Waals surface area contributed by atoms with Crippen LogP contribution in [-0.2, 0) is 48.2 Å². The summed E-state index contributed by atoms with van der Waals surface area (Å²) in [6.07, 6.45) is 3.99. The molecule has 4 aromatic carbocycles. The van der Waals surface area contributed by atoms with E-state index in [0.717, 1.165) is 34.4 Å². The van der Waals surface area contributed by atoms with Crippen LogP contribution in [0, 0.1) is 0 Å². The molecule has 6 rings (SSSR count). The maximum Gasteiger partial charge on any atom is 0.175 e. The van der Waals surface area contributed by atoms with Gasteiger partial charge in [0.15, 0.2) is 5.79 Å². The summed E-state index contributed by atoms with van der Waals surface area (Å²) in [6.45, 7) is 3.68. The monoisotopic (exact) mass is 808 g/mol. The smallest absolute Gasteiger partial charge is 0.175 e. The van der Waals surface area contributed by atoms with Crippen LogP contribution in [0.25, 0.3) is 0 Å². The molecule has 2 fully saturated rings. The normalized spacial score (nSPS) is 24.1. The third kappa shape index (κ3) is 11.1. The Morgan fingerprint density at radius 1 is 0.640 bits per heavy atom. The predicted octanol–water partition coefficient (Wildman–Crippen LogP) is 9.78. The van der Waals surface area contributed by atoms with Crippen molar-refractivity contribution >= 4 is 34.4 Å². The second-order valence-corrected chi connectivity index (χ2v) is 15.2. The van der Waals surface area contributed by atoms with Crippen LogP contribution >= 0.6 is 34.4 Å². The summed E-state index contributed by atoms with van der Waals surface area (Å²) < 4.78 is 41.9. The standard InChI is InChI=1S/C42H49IO6S/c1-42(31-43,48-35-23-13-5-14-24-35)49-40-39(46-29-34-21-11-4-12-22-34)38(45-28-33-19-9-3-10-20-33)37(30-44-27-32-17-7-2-8-18-32)47-41(40)50-36-25-15-6-16-26-36/h2-4,6-12,15-22,25-26,35,37-41H,5,13-14,23-24,27-31H2,1H3/t37-,38-,39+,40-,41+,42?/m1/s1. The summed E-state index contributed by atoms with van der Waals surface area (Å²) in [5.41, 5.74) is 2.85. The lowest BCUT2D eigenvalue weighted by Crippen LogP contribution is -2.62. The second-order valence-electron chi connectivity index (χ2n) is 13.2. The zero-order valence-corrected chi connectivity index (χ0v) is 31.8. The van der Waals surface area contributed by atoms with Gasteiger partial charge in [-0.15, -0.1) is 0 Å². The first-order valence-corrected chi connectivity index (χ1v) is 20.2. The van der Waals surface area contributed by atoms with Gasteiger partial charge in [-0.25, -0.2) is 0 Å². The number of thioether (sulfide) groups is 1. The molecule has 266 valence electrons. The number of halogens is 1. The molecule has 0 radical (unpaired) electrons. The van der Waals surface area contributed by atoms with E-state index in [9.17, 15) is 0 Å². The molecule has 2 aliphatic rings. The van der Waals surface area contributed by atoms with Crippen molar-refractivity contribution < 1.29 is 28.4 Å². The first-order valence-electron chi connectivity index (χ1n) is 17.8. The number of alkyl halides is 1. The molecule has 0 aromatic heterocycles. The van der Waals surface area contributed by atoms with Gasteiger partial charge in [-0.05, 0) is 48.6 Å². The van der Waals surface area contributed by atoms with Crippen molar-refractivity contribution in [1.29, 1.82) is 0 Å². The van der Waals surface area contributed by atoms with E-state index in [-0.39, 0.29) is 6.10 Å². The fourth-order valence-corrected chi connectivity index (χ4v) is 8.06. The van der Waals surface area contributed by atoms with Gasteiger partial charge >= 0.3 is 0 Å². The molecule has 0 bridgehead atoms. The van der Waals surface area contributed by atoms with Crippen molar-refractivity contribution in [3.8, 4) is 0 Å². The minimum atomic E-state index is -0.846. The van der Waals surface area contributed by atoms with Crippen molar-refractivity contribution in [2.45, 2.75) is 105 Å². The quantitative estimate of drug-likeness (QED) is 0.0599. The SMILES string of the molecule is CC(CI)(OC1CCCCC1)O[C@@H]1[C@@H](OCc2ccccc2)[C@H](OCc2ccccc2)[C@@H](COCc2ccccc2)O[C@H]1Sc1ccccc1. The average molecular weight is 809 g/mol. The van der Waals surface area contributed by atoms with Crippen LogP contribution in [0.3, 0.4) is 0 Å². The van der Waals surface area contributed by atoms with E-state index in [2.05, 4.69) is 90.2 Å². The zero-order chi connectivity index (χ0) is 34.4. The molecule has 0 amide bonds. The van der Waals surface area contributed by atoms with E-state index >= 15 is 0 Å². The zero-order valence-electron chi connectivity index (χ0n) is 28.8. The number of hydrogen-bond acceptors (Lipinski definition) is 7. The van der Waals surface area contributed by atoms with Crippen molar-refractivity contribution in [1.82, 2.24) is 0 Å². The molecule has 1 saturated heterocycles. The third-order valence-electron chi connectivity index (χ3n) is 9.15. The lowest BCUT2D eigenvalue weighted by Gasteiger charge is -2.48. The fourth-order valence-electron chi connectivity index (χ4n) is 6.57. The van der Waals surface area contributed by atoms with Gasteiger partial charge in [0.2, 0.25) is 0 Å². The Balaban J connectivity index is 1.33. The molecule has 1 aliphatic heterocycles. The summed E-state index contributed by atoms with van der Waals surface area (Å²) >= 11 is 4.04. The summed E-state index contributed by atoms with van der Waals surface area (Å²) in [5.74, 6) is -0.846. The molecule has 6 atom stereocenters. The molecule has 0 spiro atoms. The highest BCUT2D eigenvalue weighted by Crippen LogP contribution is 2.41. The number of rotatable bonds is 17. The average Bonchev–Trinajstić information content (AvgIpc) is 3.16. The predicted molar refractivity (Wildman–Crippen MR) is 207 cm³/mol. The Morgan fingerprint density at radius 2 is 1.16 bits per heavy atom. The lowest BCUT2D eigenvalue weighted by molar-refractivity contribution is -0.318. The summed E-state index contributed by atoms with van der Waals surface area (Å²) in [4.78, 5) is 1.09. The van der Waals surface area contributed by atoms with Gasteiger partial charge < -0.3 is 28.4 Å². The van der Waals surface area contributed by atoms with Crippen molar-refractivity contribution in [3.63, 3.8) is 0 Å². The van der Waals surface area contributed by atoms with Gasteiger partial charge in [-0.3, -0.25) is 0 Å². The van der Waals surface area contributed by atoms with Crippen LogP contribution in [0.2, 0.25) is 0 Å². The first kappa shape index (κ1) is 37.5. The number of hydrogen-bond donors (Lipinski definition) is 0. The summed E-state index contributed by atoms with van der Waals surface area (Å²) in [7, 11) is 0.